The first-order valence-corrected chi connectivity index (χ1v) is 11.5. The molecule has 0 radical (unpaired) electrons. The Kier molecular flexibility index (Phi) is 6.50. The van der Waals surface area contributed by atoms with Gasteiger partial charge in [0.05, 0.1) is 18.0 Å². The fourth-order valence-electron chi connectivity index (χ4n) is 3.37. The van der Waals surface area contributed by atoms with Gasteiger partial charge in [0.2, 0.25) is 15.9 Å². The van der Waals surface area contributed by atoms with Crippen LogP contribution in [0.4, 0.5) is 10.1 Å². The summed E-state index contributed by atoms with van der Waals surface area (Å²) < 4.78 is 50.3. The molecule has 1 aliphatic heterocycles. The molecule has 30 heavy (non-hydrogen) atoms. The molecule has 2 aromatic rings. The summed E-state index contributed by atoms with van der Waals surface area (Å²) in [5.74, 6) is 0.317. The van der Waals surface area contributed by atoms with E-state index in [4.69, 9.17) is 9.47 Å². The van der Waals surface area contributed by atoms with Crippen molar-refractivity contribution in [2.45, 2.75) is 32.4 Å². The molecule has 1 amide bonds. The highest BCUT2D eigenvalue weighted by Crippen LogP contribution is 2.32. The van der Waals surface area contributed by atoms with E-state index in [0.29, 0.717) is 24.7 Å². The number of hydrogen-bond donors (Lipinski definition) is 1. The van der Waals surface area contributed by atoms with Gasteiger partial charge in [-0.15, -0.1) is 0 Å². The summed E-state index contributed by atoms with van der Waals surface area (Å²) in [4.78, 5) is 13.0. The van der Waals surface area contributed by atoms with Crippen LogP contribution >= 0.6 is 0 Å². The number of rotatable bonds is 7. The van der Waals surface area contributed by atoms with Crippen LogP contribution in [-0.2, 0) is 14.8 Å². The predicted molar refractivity (Wildman–Crippen MR) is 112 cm³/mol. The molecule has 9 heteroatoms. The van der Waals surface area contributed by atoms with Crippen LogP contribution in [0.2, 0.25) is 0 Å². The number of carbonyl (C=O) groups excluding carboxylic acids is 1. The second-order valence-electron chi connectivity index (χ2n) is 7.09. The van der Waals surface area contributed by atoms with E-state index in [0.717, 1.165) is 28.3 Å². The molecule has 0 saturated heterocycles. The Hall–Kier alpha value is -2.81. The zero-order chi connectivity index (χ0) is 21.9. The first kappa shape index (κ1) is 21.9. The lowest BCUT2D eigenvalue weighted by atomic mass is 10.1. The Morgan fingerprint density at radius 2 is 1.77 bits per heavy atom. The van der Waals surface area contributed by atoms with Crippen molar-refractivity contribution in [2.24, 2.45) is 0 Å². The van der Waals surface area contributed by atoms with Gasteiger partial charge in [0, 0.05) is 0 Å². The van der Waals surface area contributed by atoms with Crippen molar-refractivity contribution in [3.8, 4) is 11.5 Å². The van der Waals surface area contributed by atoms with E-state index in [-0.39, 0.29) is 12.1 Å². The number of benzene rings is 2. The normalized spacial score (nSPS) is 15.2. The van der Waals surface area contributed by atoms with Crippen molar-refractivity contribution in [3.63, 3.8) is 0 Å². The van der Waals surface area contributed by atoms with E-state index in [2.05, 4.69) is 5.32 Å². The van der Waals surface area contributed by atoms with Gasteiger partial charge in [0.25, 0.3) is 0 Å². The van der Waals surface area contributed by atoms with Gasteiger partial charge in [-0.3, -0.25) is 9.10 Å². The number of carbonyl (C=O) groups is 1. The van der Waals surface area contributed by atoms with Crippen LogP contribution in [0.3, 0.4) is 0 Å². The van der Waals surface area contributed by atoms with Crippen molar-refractivity contribution in [1.82, 2.24) is 5.32 Å². The van der Waals surface area contributed by atoms with Crippen molar-refractivity contribution in [1.29, 1.82) is 0 Å². The van der Waals surface area contributed by atoms with Gasteiger partial charge in [-0.1, -0.05) is 13.0 Å². The number of halogens is 1. The minimum Gasteiger partial charge on any atom is -0.486 e. The lowest BCUT2D eigenvalue weighted by molar-refractivity contribution is -0.122. The average Bonchev–Trinajstić information content (AvgIpc) is 2.71. The highest BCUT2D eigenvalue weighted by molar-refractivity contribution is 7.92. The SMILES string of the molecule is CC[C@@H](C(=O)N[C@@H](C)c1ccc2c(c1)OCCO2)N(c1ccc(F)cc1)S(C)(=O)=O. The van der Waals surface area contributed by atoms with Crippen molar-refractivity contribution in [3.05, 3.63) is 53.8 Å². The zero-order valence-corrected chi connectivity index (χ0v) is 17.9. The van der Waals surface area contributed by atoms with E-state index >= 15 is 0 Å². The maximum atomic E-state index is 13.3. The van der Waals surface area contributed by atoms with E-state index in [1.165, 1.54) is 12.1 Å². The number of fused-ring (bicyclic) bond motifs is 1. The third kappa shape index (κ3) is 4.84. The third-order valence-corrected chi connectivity index (χ3v) is 6.02. The van der Waals surface area contributed by atoms with Crippen LogP contribution < -0.4 is 19.1 Å². The molecular weight excluding hydrogens is 411 g/mol. The number of amides is 1. The van der Waals surface area contributed by atoms with Gasteiger partial charge in [-0.2, -0.15) is 0 Å². The molecular formula is C21H25FN2O5S. The maximum Gasteiger partial charge on any atom is 0.244 e. The maximum absolute atomic E-state index is 13.3. The fraction of sp³-hybridized carbons (Fsp3) is 0.381. The summed E-state index contributed by atoms with van der Waals surface area (Å²) in [6.45, 7) is 4.47. The molecule has 1 N–H and O–H groups in total. The summed E-state index contributed by atoms with van der Waals surface area (Å²) in [6, 6.07) is 9.05. The summed E-state index contributed by atoms with van der Waals surface area (Å²) in [5, 5.41) is 2.87. The topological polar surface area (TPSA) is 84.9 Å². The van der Waals surface area contributed by atoms with Crippen LogP contribution in [0.25, 0.3) is 0 Å². The van der Waals surface area contributed by atoms with Crippen LogP contribution in [0.5, 0.6) is 11.5 Å². The molecule has 0 aliphatic carbocycles. The van der Waals surface area contributed by atoms with Crippen molar-refractivity contribution < 1.29 is 27.1 Å². The van der Waals surface area contributed by atoms with Crippen LogP contribution in [0, 0.1) is 5.82 Å². The molecule has 0 bridgehead atoms. The minimum absolute atomic E-state index is 0.230. The number of hydrogen-bond acceptors (Lipinski definition) is 5. The van der Waals surface area contributed by atoms with Gasteiger partial charge in [-0.25, -0.2) is 12.8 Å². The molecule has 0 fully saturated rings. The van der Waals surface area contributed by atoms with Gasteiger partial charge < -0.3 is 14.8 Å². The van der Waals surface area contributed by atoms with E-state index in [9.17, 15) is 17.6 Å². The molecule has 1 heterocycles. The average molecular weight is 437 g/mol. The smallest absolute Gasteiger partial charge is 0.244 e. The van der Waals surface area contributed by atoms with Gasteiger partial charge in [-0.05, 0) is 55.3 Å². The van der Waals surface area contributed by atoms with Crippen LogP contribution in [0.1, 0.15) is 31.9 Å². The van der Waals surface area contributed by atoms with E-state index in [1.54, 1.807) is 26.0 Å². The number of nitrogens with zero attached hydrogens (tertiary/aromatic N) is 1. The van der Waals surface area contributed by atoms with E-state index in [1.807, 2.05) is 6.07 Å². The first-order valence-electron chi connectivity index (χ1n) is 9.65. The number of sulfonamides is 1. The molecule has 2 aromatic carbocycles. The second-order valence-corrected chi connectivity index (χ2v) is 8.95. The third-order valence-electron chi connectivity index (χ3n) is 4.84. The Bertz CT molecular complexity index is 1010. The van der Waals surface area contributed by atoms with E-state index < -0.39 is 33.8 Å². The highest BCUT2D eigenvalue weighted by Gasteiger charge is 2.32. The summed E-state index contributed by atoms with van der Waals surface area (Å²) in [7, 11) is -3.79. The van der Waals surface area contributed by atoms with Gasteiger partial charge in [0.15, 0.2) is 11.5 Å². The largest absolute Gasteiger partial charge is 0.486 e. The molecule has 162 valence electrons. The summed E-state index contributed by atoms with van der Waals surface area (Å²) in [5.41, 5.74) is 1.03. The Morgan fingerprint density at radius 3 is 2.37 bits per heavy atom. The van der Waals surface area contributed by atoms with Crippen LogP contribution in [0.15, 0.2) is 42.5 Å². The molecule has 7 nitrogen and oxygen atoms in total. The highest BCUT2D eigenvalue weighted by atomic mass is 32.2. The molecule has 0 aromatic heterocycles. The second kappa shape index (κ2) is 8.91. The lowest BCUT2D eigenvalue weighted by Gasteiger charge is -2.31. The molecule has 0 saturated carbocycles. The predicted octanol–water partition coefficient (Wildman–Crippen LogP) is 3.02. The van der Waals surface area contributed by atoms with Crippen molar-refractivity contribution in [2.75, 3.05) is 23.8 Å². The Labute approximate surface area is 175 Å². The molecule has 2 atom stereocenters. The summed E-state index contributed by atoms with van der Waals surface area (Å²) in [6.07, 6.45) is 1.26. The number of ether oxygens (including phenoxy) is 2. The molecule has 3 rings (SSSR count). The number of anilines is 1. The molecule has 1 aliphatic rings. The standard InChI is InChI=1S/C21H25FN2O5S/c1-4-18(24(30(3,26)27)17-8-6-16(22)7-9-17)21(25)23-14(2)15-5-10-19-20(13-15)29-12-11-28-19/h5-10,13-14,18H,4,11-12H2,1-3H3,(H,23,25)/t14-,18-/m0/s1. The fourth-order valence-corrected chi connectivity index (χ4v) is 4.58. The first-order chi connectivity index (χ1) is 14.2. The summed E-state index contributed by atoms with van der Waals surface area (Å²) >= 11 is 0. The monoisotopic (exact) mass is 436 g/mol. The zero-order valence-electron chi connectivity index (χ0n) is 17.1. The quantitative estimate of drug-likeness (QED) is 0.721. The minimum atomic E-state index is -3.79. The Morgan fingerprint density at radius 1 is 1.13 bits per heavy atom. The lowest BCUT2D eigenvalue weighted by Crippen LogP contribution is -2.49. The molecule has 0 spiro atoms. The van der Waals surface area contributed by atoms with Crippen LogP contribution in [-0.4, -0.2) is 39.8 Å². The van der Waals surface area contributed by atoms with Gasteiger partial charge >= 0.3 is 0 Å². The number of nitrogens with one attached hydrogen (secondary N) is 1. The van der Waals surface area contributed by atoms with Crippen molar-refractivity contribution >= 4 is 21.6 Å². The van der Waals surface area contributed by atoms with Gasteiger partial charge in [0.1, 0.15) is 25.1 Å². The molecule has 0 unspecified atom stereocenters. The Balaban J connectivity index is 1.82.